The third kappa shape index (κ3) is 1.86. The van der Waals surface area contributed by atoms with E-state index in [1.807, 2.05) is 0 Å². The first-order valence-electron chi connectivity index (χ1n) is 4.54. The first kappa shape index (κ1) is 9.43. The van der Waals surface area contributed by atoms with E-state index >= 15 is 0 Å². The highest BCUT2D eigenvalue weighted by Crippen LogP contribution is 2.17. The number of benzene rings is 1. The molecule has 1 fully saturated rings. The smallest absolute Gasteiger partial charge is 0.146 e. The van der Waals surface area contributed by atoms with Gasteiger partial charge >= 0.3 is 0 Å². The second kappa shape index (κ2) is 3.94. The van der Waals surface area contributed by atoms with Crippen LogP contribution in [0.4, 0.5) is 10.1 Å². The molecule has 76 valence electrons. The molecule has 2 N–H and O–H groups in total. The van der Waals surface area contributed by atoms with Crippen LogP contribution >= 0.6 is 0 Å². The van der Waals surface area contributed by atoms with E-state index in [2.05, 4.69) is 5.32 Å². The first-order valence-corrected chi connectivity index (χ1v) is 4.54. The Hall–Kier alpha value is -1.13. The lowest BCUT2D eigenvalue weighted by molar-refractivity contribution is 0.125. The number of halogens is 1. The number of anilines is 1. The molecule has 0 spiro atoms. The number of aliphatic hydroxyl groups is 1. The van der Waals surface area contributed by atoms with Crippen LogP contribution in [0, 0.1) is 5.82 Å². The Bertz CT molecular complexity index is 319. The van der Waals surface area contributed by atoms with Crippen molar-refractivity contribution in [2.45, 2.75) is 12.1 Å². The van der Waals surface area contributed by atoms with Crippen LogP contribution < -0.4 is 5.32 Å². The Labute approximate surface area is 81.5 Å². The monoisotopic (exact) mass is 197 g/mol. The maximum atomic E-state index is 13.2. The number of nitrogens with one attached hydrogen (secondary N) is 1. The number of hydrogen-bond acceptors (Lipinski definition) is 3. The van der Waals surface area contributed by atoms with Gasteiger partial charge in [-0.25, -0.2) is 4.39 Å². The van der Waals surface area contributed by atoms with Crippen molar-refractivity contribution in [2.75, 3.05) is 18.5 Å². The fraction of sp³-hybridized carbons (Fsp3) is 0.400. The van der Waals surface area contributed by atoms with E-state index in [9.17, 15) is 9.50 Å². The van der Waals surface area contributed by atoms with Crippen molar-refractivity contribution in [1.29, 1.82) is 0 Å². The van der Waals surface area contributed by atoms with Gasteiger partial charge in [0.25, 0.3) is 0 Å². The molecular formula is C10H12FNO2. The molecule has 1 heterocycles. The zero-order valence-electron chi connectivity index (χ0n) is 7.61. The van der Waals surface area contributed by atoms with Crippen LogP contribution in [0.15, 0.2) is 24.3 Å². The van der Waals surface area contributed by atoms with E-state index in [-0.39, 0.29) is 11.9 Å². The summed E-state index contributed by atoms with van der Waals surface area (Å²) in [4.78, 5) is 0. The minimum atomic E-state index is -0.561. The van der Waals surface area contributed by atoms with Gasteiger partial charge in [0.05, 0.1) is 31.0 Å². The summed E-state index contributed by atoms with van der Waals surface area (Å²) < 4.78 is 18.2. The summed E-state index contributed by atoms with van der Waals surface area (Å²) >= 11 is 0. The summed E-state index contributed by atoms with van der Waals surface area (Å²) in [6.07, 6.45) is -0.561. The summed E-state index contributed by atoms with van der Waals surface area (Å²) in [6.45, 7) is 0.724. The van der Waals surface area contributed by atoms with Crippen molar-refractivity contribution in [2.24, 2.45) is 0 Å². The van der Waals surface area contributed by atoms with Crippen molar-refractivity contribution in [3.8, 4) is 0 Å². The van der Waals surface area contributed by atoms with Crippen LogP contribution in [0.5, 0.6) is 0 Å². The zero-order chi connectivity index (χ0) is 9.97. The number of para-hydroxylation sites is 1. The lowest BCUT2D eigenvalue weighted by atomic mass is 10.2. The zero-order valence-corrected chi connectivity index (χ0v) is 7.61. The van der Waals surface area contributed by atoms with Gasteiger partial charge in [-0.1, -0.05) is 12.1 Å². The largest absolute Gasteiger partial charge is 0.388 e. The summed E-state index contributed by atoms with van der Waals surface area (Å²) in [5.41, 5.74) is 0.405. The Kier molecular flexibility index (Phi) is 2.65. The van der Waals surface area contributed by atoms with Crippen LogP contribution in [0.2, 0.25) is 0 Å². The molecule has 1 aliphatic heterocycles. The maximum Gasteiger partial charge on any atom is 0.146 e. The molecule has 14 heavy (non-hydrogen) atoms. The molecule has 0 bridgehead atoms. The van der Waals surface area contributed by atoms with Crippen LogP contribution in [0.3, 0.4) is 0 Å². The third-order valence-electron chi connectivity index (χ3n) is 2.27. The van der Waals surface area contributed by atoms with Crippen LogP contribution in [-0.2, 0) is 4.74 Å². The highest BCUT2D eigenvalue weighted by molar-refractivity contribution is 5.45. The predicted molar refractivity (Wildman–Crippen MR) is 50.6 cm³/mol. The Morgan fingerprint density at radius 2 is 2.14 bits per heavy atom. The fourth-order valence-electron chi connectivity index (χ4n) is 1.46. The average Bonchev–Trinajstić information content (AvgIpc) is 2.56. The lowest BCUT2D eigenvalue weighted by Gasteiger charge is -2.16. The van der Waals surface area contributed by atoms with Gasteiger partial charge in [0, 0.05) is 0 Å². The van der Waals surface area contributed by atoms with E-state index < -0.39 is 6.10 Å². The van der Waals surface area contributed by atoms with E-state index in [0.29, 0.717) is 18.9 Å². The van der Waals surface area contributed by atoms with Crippen molar-refractivity contribution in [3.63, 3.8) is 0 Å². The average molecular weight is 197 g/mol. The SMILES string of the molecule is OC1COCC1Nc1ccccc1F. The standard InChI is InChI=1S/C10H12FNO2/c11-7-3-1-2-4-8(7)12-9-5-14-6-10(9)13/h1-4,9-10,12-13H,5-6H2. The third-order valence-corrected chi connectivity index (χ3v) is 2.27. The molecule has 1 aromatic carbocycles. The van der Waals surface area contributed by atoms with E-state index in [1.54, 1.807) is 18.2 Å². The fourth-order valence-corrected chi connectivity index (χ4v) is 1.46. The van der Waals surface area contributed by atoms with E-state index in [1.165, 1.54) is 6.07 Å². The first-order chi connectivity index (χ1) is 6.77. The summed E-state index contributed by atoms with van der Waals surface area (Å²) in [7, 11) is 0. The molecule has 0 aliphatic carbocycles. The molecule has 3 nitrogen and oxygen atoms in total. The van der Waals surface area contributed by atoms with Crippen molar-refractivity contribution < 1.29 is 14.2 Å². The second-order valence-corrected chi connectivity index (χ2v) is 3.34. The Morgan fingerprint density at radius 1 is 1.36 bits per heavy atom. The molecule has 2 atom stereocenters. The van der Waals surface area contributed by atoms with Crippen LogP contribution in [0.25, 0.3) is 0 Å². The molecule has 2 rings (SSSR count). The molecule has 0 saturated carbocycles. The van der Waals surface area contributed by atoms with Gasteiger partial charge in [0.2, 0.25) is 0 Å². The van der Waals surface area contributed by atoms with Crippen LogP contribution in [-0.4, -0.2) is 30.5 Å². The minimum absolute atomic E-state index is 0.216. The molecule has 0 aromatic heterocycles. The van der Waals surface area contributed by atoms with Crippen LogP contribution in [0.1, 0.15) is 0 Å². The molecular weight excluding hydrogens is 185 g/mol. The molecule has 1 saturated heterocycles. The van der Waals surface area contributed by atoms with Gasteiger partial charge < -0.3 is 15.2 Å². The Balaban J connectivity index is 2.07. The highest BCUT2D eigenvalue weighted by atomic mass is 19.1. The highest BCUT2D eigenvalue weighted by Gasteiger charge is 2.26. The van der Waals surface area contributed by atoms with E-state index in [4.69, 9.17) is 4.74 Å². The van der Waals surface area contributed by atoms with Gasteiger partial charge in [-0.05, 0) is 12.1 Å². The van der Waals surface area contributed by atoms with Crippen molar-refractivity contribution in [1.82, 2.24) is 0 Å². The number of ether oxygens (including phenoxy) is 1. The second-order valence-electron chi connectivity index (χ2n) is 3.34. The maximum absolute atomic E-state index is 13.2. The van der Waals surface area contributed by atoms with Gasteiger partial charge in [-0.15, -0.1) is 0 Å². The van der Waals surface area contributed by atoms with Crippen molar-refractivity contribution in [3.05, 3.63) is 30.1 Å². The molecule has 1 aromatic rings. The summed E-state index contributed by atoms with van der Waals surface area (Å²) in [5, 5.41) is 12.3. The summed E-state index contributed by atoms with van der Waals surface area (Å²) in [5.74, 6) is -0.313. The number of hydrogen-bond donors (Lipinski definition) is 2. The molecule has 0 radical (unpaired) electrons. The summed E-state index contributed by atoms with van der Waals surface area (Å²) in [6, 6.07) is 6.17. The van der Waals surface area contributed by atoms with Gasteiger partial charge in [-0.2, -0.15) is 0 Å². The number of aliphatic hydroxyl groups excluding tert-OH is 1. The quantitative estimate of drug-likeness (QED) is 0.743. The van der Waals surface area contributed by atoms with E-state index in [0.717, 1.165) is 0 Å². The molecule has 4 heteroatoms. The number of rotatable bonds is 2. The predicted octanol–water partition coefficient (Wildman–Crippen LogP) is 0.997. The molecule has 2 unspecified atom stereocenters. The lowest BCUT2D eigenvalue weighted by Crippen LogP contribution is -2.32. The molecule has 1 aliphatic rings. The topological polar surface area (TPSA) is 41.5 Å². The Morgan fingerprint density at radius 3 is 2.79 bits per heavy atom. The normalized spacial score (nSPS) is 26.4. The van der Waals surface area contributed by atoms with Gasteiger partial charge in [0.15, 0.2) is 0 Å². The van der Waals surface area contributed by atoms with Crippen molar-refractivity contribution >= 4 is 5.69 Å². The minimum Gasteiger partial charge on any atom is -0.388 e. The van der Waals surface area contributed by atoms with Gasteiger partial charge in [0.1, 0.15) is 5.82 Å². The molecule has 0 amide bonds. The van der Waals surface area contributed by atoms with Gasteiger partial charge in [-0.3, -0.25) is 0 Å².